The van der Waals surface area contributed by atoms with Crippen molar-refractivity contribution in [1.82, 2.24) is 4.98 Å². The Kier molecular flexibility index (Phi) is 18.2. The average molecular weight is 428 g/mol. The summed E-state index contributed by atoms with van der Waals surface area (Å²) in [6.45, 7) is 3.78. The van der Waals surface area contributed by atoms with Gasteiger partial charge in [0.25, 0.3) is 0 Å². The molecule has 1 aromatic rings. The average Bonchev–Trinajstić information content (AvgIpc) is 2.79. The maximum Gasteiger partial charge on any atom is 0.305 e. The van der Waals surface area contributed by atoms with Crippen molar-refractivity contribution in [2.45, 2.75) is 84.2 Å². The first-order valence-corrected chi connectivity index (χ1v) is 11.9. The van der Waals surface area contributed by atoms with E-state index in [0.717, 1.165) is 44.1 Å². The molecule has 0 atom stereocenters. The number of aromatic nitrogens is 1. The Morgan fingerprint density at radius 2 is 1.61 bits per heavy atom. The molecule has 4 heteroatoms. The van der Waals surface area contributed by atoms with Crippen LogP contribution in [0.5, 0.6) is 0 Å². The summed E-state index contributed by atoms with van der Waals surface area (Å²) in [4.78, 5) is 15.8. The number of pyridine rings is 1. The number of hydrogen-bond acceptors (Lipinski definition) is 4. The molecule has 4 nitrogen and oxygen atoms in total. The second kappa shape index (κ2) is 21.0. The van der Waals surface area contributed by atoms with Crippen molar-refractivity contribution >= 4 is 5.97 Å². The van der Waals surface area contributed by atoms with E-state index in [4.69, 9.17) is 9.47 Å². The molecule has 0 aromatic carbocycles. The molecule has 0 N–H and O–H groups in total. The molecule has 0 aliphatic heterocycles. The Morgan fingerprint density at radius 3 is 2.29 bits per heavy atom. The van der Waals surface area contributed by atoms with Gasteiger partial charge in [0, 0.05) is 25.2 Å². The third kappa shape index (κ3) is 18.3. The number of nitrogens with zero attached hydrogens (tertiary/aromatic N) is 1. The van der Waals surface area contributed by atoms with Crippen LogP contribution in [-0.2, 0) is 20.9 Å². The molecule has 0 unspecified atom stereocenters. The maximum absolute atomic E-state index is 11.7. The zero-order chi connectivity index (χ0) is 22.2. The Hall–Kier alpha value is -2.20. The Morgan fingerprint density at radius 1 is 0.903 bits per heavy atom. The zero-order valence-electron chi connectivity index (χ0n) is 19.3. The van der Waals surface area contributed by atoms with Crippen molar-refractivity contribution in [2.24, 2.45) is 0 Å². The van der Waals surface area contributed by atoms with Crippen LogP contribution in [0.25, 0.3) is 0 Å². The van der Waals surface area contributed by atoms with Crippen LogP contribution >= 0.6 is 0 Å². The number of carbonyl (C=O) groups excluding carboxylic acids is 1. The summed E-state index contributed by atoms with van der Waals surface area (Å²) < 4.78 is 10.8. The third-order valence-corrected chi connectivity index (χ3v) is 4.71. The molecule has 0 bridgehead atoms. The van der Waals surface area contributed by atoms with Crippen molar-refractivity contribution in [3.05, 3.63) is 66.5 Å². The maximum atomic E-state index is 11.7. The first kappa shape index (κ1) is 26.8. The summed E-state index contributed by atoms with van der Waals surface area (Å²) in [5, 5.41) is 0. The summed E-state index contributed by atoms with van der Waals surface area (Å²) >= 11 is 0. The second-order valence-electron chi connectivity index (χ2n) is 7.62. The molecule has 0 spiro atoms. The third-order valence-electron chi connectivity index (χ3n) is 4.71. The Labute approximate surface area is 189 Å². The van der Waals surface area contributed by atoms with E-state index in [0.29, 0.717) is 26.2 Å². The fraction of sp³-hybridized carbons (Fsp3) is 0.556. The van der Waals surface area contributed by atoms with Gasteiger partial charge in [-0.1, -0.05) is 62.3 Å². The predicted octanol–water partition coefficient (Wildman–Crippen LogP) is 7.12. The molecule has 31 heavy (non-hydrogen) atoms. The van der Waals surface area contributed by atoms with Crippen molar-refractivity contribution in [2.75, 3.05) is 13.2 Å². The van der Waals surface area contributed by atoms with Gasteiger partial charge in [-0.15, -0.1) is 0 Å². The summed E-state index contributed by atoms with van der Waals surface area (Å²) in [7, 11) is 0. The SMILES string of the molecule is CCCCCC=CCC=CCC=CCCCCC(=O)OCCCOCc1cccnc1. The summed E-state index contributed by atoms with van der Waals surface area (Å²) in [5.74, 6) is -0.109. The van der Waals surface area contributed by atoms with Gasteiger partial charge in [0.05, 0.1) is 19.8 Å². The van der Waals surface area contributed by atoms with Gasteiger partial charge in [0.2, 0.25) is 0 Å². The number of carbonyl (C=O) groups is 1. The number of unbranched alkanes of at least 4 members (excludes halogenated alkanes) is 5. The summed E-state index contributed by atoms with van der Waals surface area (Å²) in [6, 6.07) is 3.87. The van der Waals surface area contributed by atoms with E-state index in [1.54, 1.807) is 12.4 Å². The van der Waals surface area contributed by atoms with Gasteiger partial charge in [-0.3, -0.25) is 9.78 Å². The molecule has 1 rings (SSSR count). The highest BCUT2D eigenvalue weighted by Crippen LogP contribution is 2.04. The number of esters is 1. The second-order valence-corrected chi connectivity index (χ2v) is 7.62. The van der Waals surface area contributed by atoms with E-state index in [-0.39, 0.29) is 5.97 Å². The quantitative estimate of drug-likeness (QED) is 0.134. The highest BCUT2D eigenvalue weighted by molar-refractivity contribution is 5.69. The molecular formula is C27H41NO3. The molecule has 1 heterocycles. The van der Waals surface area contributed by atoms with Crippen LogP contribution < -0.4 is 0 Å². The molecule has 172 valence electrons. The van der Waals surface area contributed by atoms with Crippen molar-refractivity contribution in [3.8, 4) is 0 Å². The molecule has 0 saturated carbocycles. The minimum atomic E-state index is -0.109. The Bertz CT molecular complexity index is 623. The van der Waals surface area contributed by atoms with E-state index in [1.807, 2.05) is 12.1 Å². The zero-order valence-corrected chi connectivity index (χ0v) is 19.3. The lowest BCUT2D eigenvalue weighted by Crippen LogP contribution is -2.07. The molecule has 0 aliphatic carbocycles. The van der Waals surface area contributed by atoms with E-state index in [9.17, 15) is 4.79 Å². The molecule has 0 amide bonds. The standard InChI is InChI=1S/C27H41NO3/c1-2-3-4-5-6-7-8-9-10-11-12-13-14-15-16-20-27(29)31-23-18-22-30-25-26-19-17-21-28-24-26/h6-7,9-10,12-13,17,19,21,24H,2-5,8,11,14-16,18,20,22-23,25H2,1H3. The van der Waals surface area contributed by atoms with E-state index < -0.39 is 0 Å². The van der Waals surface area contributed by atoms with Crippen LogP contribution in [0.1, 0.15) is 83.1 Å². The van der Waals surface area contributed by atoms with Gasteiger partial charge in [0.1, 0.15) is 0 Å². The topological polar surface area (TPSA) is 48.4 Å². The Balaban J connectivity index is 1.85. The fourth-order valence-electron chi connectivity index (χ4n) is 2.91. The molecule has 0 radical (unpaired) electrons. The lowest BCUT2D eigenvalue weighted by atomic mass is 10.1. The molecule has 0 saturated heterocycles. The molecule has 1 aromatic heterocycles. The van der Waals surface area contributed by atoms with Crippen LogP contribution in [0.3, 0.4) is 0 Å². The predicted molar refractivity (Wildman–Crippen MR) is 129 cm³/mol. The highest BCUT2D eigenvalue weighted by atomic mass is 16.5. The first-order valence-electron chi connectivity index (χ1n) is 11.9. The van der Waals surface area contributed by atoms with Gasteiger partial charge in [-0.2, -0.15) is 0 Å². The largest absolute Gasteiger partial charge is 0.466 e. The number of allylic oxidation sites excluding steroid dienone is 6. The van der Waals surface area contributed by atoms with Gasteiger partial charge < -0.3 is 9.47 Å². The van der Waals surface area contributed by atoms with Gasteiger partial charge in [-0.25, -0.2) is 0 Å². The summed E-state index contributed by atoms with van der Waals surface area (Å²) in [6.07, 6.45) is 28.2. The van der Waals surface area contributed by atoms with Crippen molar-refractivity contribution in [3.63, 3.8) is 0 Å². The van der Waals surface area contributed by atoms with Gasteiger partial charge in [-0.05, 0) is 56.6 Å². The van der Waals surface area contributed by atoms with E-state index in [2.05, 4.69) is 48.4 Å². The monoisotopic (exact) mass is 427 g/mol. The minimum absolute atomic E-state index is 0.109. The lowest BCUT2D eigenvalue weighted by molar-refractivity contribution is -0.144. The normalized spacial score (nSPS) is 11.8. The number of rotatable bonds is 19. The van der Waals surface area contributed by atoms with Crippen LogP contribution in [-0.4, -0.2) is 24.2 Å². The number of ether oxygens (including phenoxy) is 2. The molecule has 0 aliphatic rings. The van der Waals surface area contributed by atoms with Gasteiger partial charge >= 0.3 is 5.97 Å². The van der Waals surface area contributed by atoms with E-state index >= 15 is 0 Å². The number of hydrogen-bond donors (Lipinski definition) is 0. The summed E-state index contributed by atoms with van der Waals surface area (Å²) in [5.41, 5.74) is 1.05. The molecular weight excluding hydrogens is 386 g/mol. The first-order chi connectivity index (χ1) is 15.3. The fourth-order valence-corrected chi connectivity index (χ4v) is 2.91. The molecule has 0 fully saturated rings. The van der Waals surface area contributed by atoms with Crippen LogP contribution in [0.4, 0.5) is 0 Å². The lowest BCUT2D eigenvalue weighted by Gasteiger charge is -2.06. The smallest absolute Gasteiger partial charge is 0.305 e. The van der Waals surface area contributed by atoms with Gasteiger partial charge in [0.15, 0.2) is 0 Å². The van der Waals surface area contributed by atoms with Crippen LogP contribution in [0, 0.1) is 0 Å². The van der Waals surface area contributed by atoms with Crippen molar-refractivity contribution < 1.29 is 14.3 Å². The van der Waals surface area contributed by atoms with Crippen molar-refractivity contribution in [1.29, 1.82) is 0 Å². The highest BCUT2D eigenvalue weighted by Gasteiger charge is 2.02. The van der Waals surface area contributed by atoms with Crippen LogP contribution in [0.2, 0.25) is 0 Å². The minimum Gasteiger partial charge on any atom is -0.466 e. The van der Waals surface area contributed by atoms with E-state index in [1.165, 1.54) is 25.7 Å². The van der Waals surface area contributed by atoms with Crippen LogP contribution in [0.15, 0.2) is 61.0 Å².